The van der Waals surface area contributed by atoms with Gasteiger partial charge in [0.05, 0.1) is 11.2 Å². The summed E-state index contributed by atoms with van der Waals surface area (Å²) in [7, 11) is 0. The van der Waals surface area contributed by atoms with E-state index in [1.807, 2.05) is 19.9 Å². The predicted molar refractivity (Wildman–Crippen MR) is 105 cm³/mol. The van der Waals surface area contributed by atoms with Crippen LogP contribution in [0.5, 0.6) is 5.75 Å². The fourth-order valence-electron chi connectivity index (χ4n) is 3.09. The number of benzene rings is 1. The van der Waals surface area contributed by atoms with Crippen LogP contribution in [0.2, 0.25) is 0 Å². The maximum absolute atomic E-state index is 11.5. The first kappa shape index (κ1) is 21.2. The van der Waals surface area contributed by atoms with Crippen molar-refractivity contribution in [2.75, 3.05) is 0 Å². The highest BCUT2D eigenvalue weighted by molar-refractivity contribution is 5.88. The van der Waals surface area contributed by atoms with E-state index in [9.17, 15) is 20.1 Å². The Morgan fingerprint density at radius 2 is 1.93 bits per heavy atom. The Kier molecular flexibility index (Phi) is 6.17. The molecule has 1 aliphatic heterocycles. The van der Waals surface area contributed by atoms with Crippen molar-refractivity contribution < 1.29 is 24.9 Å². The largest absolute Gasteiger partial charge is 0.486 e. The first-order valence-electron chi connectivity index (χ1n) is 9.20. The van der Waals surface area contributed by atoms with Gasteiger partial charge in [0.1, 0.15) is 17.5 Å². The molecule has 0 aromatic heterocycles. The Bertz CT molecular complexity index is 762. The molecule has 148 valence electrons. The highest BCUT2D eigenvalue weighted by Crippen LogP contribution is 2.38. The minimum Gasteiger partial charge on any atom is -0.486 e. The Morgan fingerprint density at radius 3 is 2.48 bits per heavy atom. The topological polar surface area (TPSA) is 87.0 Å². The lowest BCUT2D eigenvalue weighted by atomic mass is 9.90. The molecule has 1 aromatic carbocycles. The number of aromatic carboxylic acids is 1. The molecule has 2 atom stereocenters. The molecule has 0 amide bonds. The zero-order valence-corrected chi connectivity index (χ0v) is 16.7. The molecule has 27 heavy (non-hydrogen) atoms. The SMILES string of the molecule is CC(C)=CCc1cc(C(=O)O)cc2c1O[C@@H]([C@](C)(O)CC=CC(C)(C)O)C2. The molecule has 5 heteroatoms. The second-order valence-electron chi connectivity index (χ2n) is 8.34. The van der Waals surface area contributed by atoms with Crippen LogP contribution in [0, 0.1) is 0 Å². The summed E-state index contributed by atoms with van der Waals surface area (Å²) in [6, 6.07) is 3.28. The van der Waals surface area contributed by atoms with Crippen molar-refractivity contribution in [3.63, 3.8) is 0 Å². The first-order chi connectivity index (χ1) is 12.4. The number of hydrogen-bond acceptors (Lipinski definition) is 4. The Hall–Kier alpha value is -2.11. The van der Waals surface area contributed by atoms with Gasteiger partial charge in [-0.1, -0.05) is 23.8 Å². The number of hydrogen-bond donors (Lipinski definition) is 3. The molecule has 2 rings (SSSR count). The van der Waals surface area contributed by atoms with Crippen molar-refractivity contribution in [1.29, 1.82) is 0 Å². The van der Waals surface area contributed by atoms with Gasteiger partial charge in [-0.25, -0.2) is 4.79 Å². The van der Waals surface area contributed by atoms with E-state index in [4.69, 9.17) is 4.74 Å². The monoisotopic (exact) mass is 374 g/mol. The van der Waals surface area contributed by atoms with E-state index in [1.165, 1.54) is 0 Å². The quantitative estimate of drug-likeness (QED) is 0.634. The average molecular weight is 374 g/mol. The van der Waals surface area contributed by atoms with E-state index in [0.29, 0.717) is 25.0 Å². The van der Waals surface area contributed by atoms with Crippen molar-refractivity contribution in [3.8, 4) is 5.75 Å². The zero-order chi connectivity index (χ0) is 20.4. The number of carboxylic acids is 1. The van der Waals surface area contributed by atoms with Crippen molar-refractivity contribution in [1.82, 2.24) is 0 Å². The summed E-state index contributed by atoms with van der Waals surface area (Å²) in [4.78, 5) is 11.5. The third-order valence-corrected chi connectivity index (χ3v) is 4.64. The summed E-state index contributed by atoms with van der Waals surface area (Å²) in [6.07, 6.45) is 6.30. The fraction of sp³-hybridized carbons (Fsp3) is 0.500. The van der Waals surface area contributed by atoms with Gasteiger partial charge in [-0.05, 0) is 70.7 Å². The first-order valence-corrected chi connectivity index (χ1v) is 9.20. The molecule has 0 aliphatic carbocycles. The summed E-state index contributed by atoms with van der Waals surface area (Å²) in [5.74, 6) is -0.297. The Balaban J connectivity index is 2.28. The van der Waals surface area contributed by atoms with Gasteiger partial charge in [0, 0.05) is 6.42 Å². The molecule has 0 unspecified atom stereocenters. The molecule has 0 bridgehead atoms. The zero-order valence-electron chi connectivity index (χ0n) is 16.7. The van der Waals surface area contributed by atoms with Crippen LogP contribution in [0.1, 0.15) is 62.5 Å². The van der Waals surface area contributed by atoms with E-state index in [-0.39, 0.29) is 5.56 Å². The van der Waals surface area contributed by atoms with Gasteiger partial charge in [-0.2, -0.15) is 0 Å². The van der Waals surface area contributed by atoms with Crippen LogP contribution in [-0.2, 0) is 12.8 Å². The smallest absolute Gasteiger partial charge is 0.335 e. The lowest BCUT2D eigenvalue weighted by Crippen LogP contribution is -2.42. The highest BCUT2D eigenvalue weighted by atomic mass is 16.5. The van der Waals surface area contributed by atoms with Crippen LogP contribution >= 0.6 is 0 Å². The Labute approximate surface area is 161 Å². The second kappa shape index (κ2) is 7.87. The number of carboxylic acid groups (broad SMARTS) is 1. The molecule has 1 aliphatic rings. The minimum absolute atomic E-state index is 0.233. The second-order valence-corrected chi connectivity index (χ2v) is 8.34. The molecule has 5 nitrogen and oxygen atoms in total. The number of ether oxygens (including phenoxy) is 1. The lowest BCUT2D eigenvalue weighted by molar-refractivity contribution is -0.0359. The number of rotatable bonds is 7. The van der Waals surface area contributed by atoms with Crippen molar-refractivity contribution in [2.45, 2.75) is 71.2 Å². The third-order valence-electron chi connectivity index (χ3n) is 4.64. The normalized spacial score (nSPS) is 18.7. The number of aliphatic hydroxyl groups is 2. The van der Waals surface area contributed by atoms with Crippen LogP contribution in [0.25, 0.3) is 0 Å². The maximum Gasteiger partial charge on any atom is 0.335 e. The van der Waals surface area contributed by atoms with Gasteiger partial charge < -0.3 is 20.1 Å². The van der Waals surface area contributed by atoms with Crippen LogP contribution in [0.4, 0.5) is 0 Å². The standard InChI is InChI=1S/C22H30O5/c1-14(2)7-8-15-11-17(20(23)24)12-16-13-18(27-19(15)16)22(5,26)10-6-9-21(3,4)25/h6-7,9,11-12,18,25-26H,8,10,13H2,1-5H3,(H,23,24)/t18-,22-/m1/s1. The lowest BCUT2D eigenvalue weighted by Gasteiger charge is -2.28. The number of carbonyl (C=O) groups is 1. The molecule has 0 saturated carbocycles. The third kappa shape index (κ3) is 5.68. The molecular formula is C22H30O5. The molecule has 1 aromatic rings. The van der Waals surface area contributed by atoms with Crippen molar-refractivity contribution in [2.24, 2.45) is 0 Å². The molecule has 0 saturated heterocycles. The van der Waals surface area contributed by atoms with E-state index in [1.54, 1.807) is 45.1 Å². The Morgan fingerprint density at radius 1 is 1.26 bits per heavy atom. The van der Waals surface area contributed by atoms with Crippen LogP contribution < -0.4 is 4.74 Å². The van der Waals surface area contributed by atoms with Gasteiger partial charge in [0.2, 0.25) is 0 Å². The van der Waals surface area contributed by atoms with Crippen molar-refractivity contribution in [3.05, 3.63) is 52.6 Å². The van der Waals surface area contributed by atoms with Crippen molar-refractivity contribution >= 4 is 5.97 Å². The summed E-state index contributed by atoms with van der Waals surface area (Å²) >= 11 is 0. The van der Waals surface area contributed by atoms with Gasteiger partial charge in [0.25, 0.3) is 0 Å². The maximum atomic E-state index is 11.5. The molecule has 1 heterocycles. The molecule has 0 spiro atoms. The van der Waals surface area contributed by atoms with Gasteiger partial charge in [0.15, 0.2) is 0 Å². The van der Waals surface area contributed by atoms with Gasteiger partial charge in [-0.15, -0.1) is 0 Å². The predicted octanol–water partition coefficient (Wildman–Crippen LogP) is 3.67. The van der Waals surface area contributed by atoms with Crippen LogP contribution in [-0.4, -0.2) is 38.6 Å². The minimum atomic E-state index is -1.14. The molecular weight excluding hydrogens is 344 g/mol. The summed E-state index contributed by atoms with van der Waals surface area (Å²) < 4.78 is 6.08. The molecule has 0 radical (unpaired) electrons. The summed E-state index contributed by atoms with van der Waals surface area (Å²) in [5, 5.41) is 30.1. The average Bonchev–Trinajstić information content (AvgIpc) is 2.95. The van der Waals surface area contributed by atoms with Gasteiger partial charge >= 0.3 is 5.97 Å². The van der Waals surface area contributed by atoms with E-state index >= 15 is 0 Å². The van der Waals surface area contributed by atoms with E-state index in [0.717, 1.165) is 16.7 Å². The molecule has 3 N–H and O–H groups in total. The van der Waals surface area contributed by atoms with Crippen LogP contribution in [0.3, 0.4) is 0 Å². The molecule has 0 fully saturated rings. The highest BCUT2D eigenvalue weighted by Gasteiger charge is 2.39. The summed E-state index contributed by atoms with van der Waals surface area (Å²) in [5.41, 5.74) is 0.918. The van der Waals surface area contributed by atoms with Gasteiger partial charge in [-0.3, -0.25) is 0 Å². The summed E-state index contributed by atoms with van der Waals surface area (Å²) in [6.45, 7) is 9.02. The van der Waals surface area contributed by atoms with E-state index in [2.05, 4.69) is 0 Å². The number of fused-ring (bicyclic) bond motifs is 1. The van der Waals surface area contributed by atoms with Crippen LogP contribution in [0.15, 0.2) is 35.9 Å². The fourth-order valence-corrected chi connectivity index (χ4v) is 3.09. The number of allylic oxidation sites excluding steroid dienone is 2. The van der Waals surface area contributed by atoms with E-state index < -0.39 is 23.3 Å².